The van der Waals surface area contributed by atoms with Crippen LogP contribution in [-0.2, 0) is 16.1 Å². The number of hydrogen-bond acceptors (Lipinski definition) is 2. The summed E-state index contributed by atoms with van der Waals surface area (Å²) in [5, 5.41) is 11.4. The van der Waals surface area contributed by atoms with Crippen LogP contribution in [0.15, 0.2) is 22.7 Å². The van der Waals surface area contributed by atoms with E-state index in [2.05, 4.69) is 21.2 Å². The quantitative estimate of drug-likeness (QED) is 0.877. The number of aliphatic carboxylic acids is 1. The molecule has 0 saturated heterocycles. The molecule has 18 heavy (non-hydrogen) atoms. The Labute approximate surface area is 115 Å². The molecule has 1 atom stereocenters. The molecule has 0 spiro atoms. The van der Waals surface area contributed by atoms with Crippen molar-refractivity contribution in [2.24, 2.45) is 5.92 Å². The van der Waals surface area contributed by atoms with Crippen molar-refractivity contribution in [2.45, 2.75) is 26.8 Å². The number of carbonyl (C=O) groups excluding carboxylic acids is 1. The summed E-state index contributed by atoms with van der Waals surface area (Å²) >= 11 is 3.37. The predicted octanol–water partition coefficient (Wildman–Crippen LogP) is 2.48. The number of rotatable bonds is 5. The zero-order chi connectivity index (χ0) is 13.7. The van der Waals surface area contributed by atoms with Crippen molar-refractivity contribution in [2.75, 3.05) is 0 Å². The summed E-state index contributed by atoms with van der Waals surface area (Å²) in [5.41, 5.74) is 2.10. The number of aryl methyl sites for hydroxylation is 1. The number of nitrogens with one attached hydrogen (secondary N) is 1. The summed E-state index contributed by atoms with van der Waals surface area (Å²) in [4.78, 5) is 22.2. The molecule has 0 radical (unpaired) electrons. The van der Waals surface area contributed by atoms with Crippen LogP contribution in [0.25, 0.3) is 0 Å². The second-order valence-electron chi connectivity index (χ2n) is 4.29. The monoisotopic (exact) mass is 313 g/mol. The molecule has 2 N–H and O–H groups in total. The van der Waals surface area contributed by atoms with Gasteiger partial charge in [-0.1, -0.05) is 28.9 Å². The number of hydrogen-bond donors (Lipinski definition) is 2. The third-order valence-corrected chi connectivity index (χ3v) is 3.19. The molecule has 0 aliphatic rings. The fraction of sp³-hybridized carbons (Fsp3) is 0.385. The third kappa shape index (κ3) is 4.49. The van der Waals surface area contributed by atoms with Crippen LogP contribution in [0.3, 0.4) is 0 Å². The first kappa shape index (κ1) is 14.7. The smallest absolute Gasteiger partial charge is 0.306 e. The maximum Gasteiger partial charge on any atom is 0.306 e. The first-order valence-electron chi connectivity index (χ1n) is 5.64. The maximum atomic E-state index is 11.5. The van der Waals surface area contributed by atoms with Gasteiger partial charge in [-0.2, -0.15) is 0 Å². The van der Waals surface area contributed by atoms with Gasteiger partial charge in [-0.3, -0.25) is 9.59 Å². The standard InChI is InChI=1S/C13H16BrNO3/c1-8-3-4-11(14)6-10(8)7-15-12(16)5-9(2)13(17)18/h3-4,6,9H,5,7H2,1-2H3,(H,15,16)(H,17,18). The second-order valence-corrected chi connectivity index (χ2v) is 5.21. The predicted molar refractivity (Wildman–Crippen MR) is 72.1 cm³/mol. The van der Waals surface area contributed by atoms with Crippen molar-refractivity contribution < 1.29 is 14.7 Å². The van der Waals surface area contributed by atoms with Crippen molar-refractivity contribution in [3.05, 3.63) is 33.8 Å². The first-order chi connectivity index (χ1) is 8.40. The van der Waals surface area contributed by atoms with E-state index in [4.69, 9.17) is 5.11 Å². The lowest BCUT2D eigenvalue weighted by atomic mass is 10.1. The Morgan fingerprint density at radius 3 is 2.72 bits per heavy atom. The molecule has 1 unspecified atom stereocenters. The Balaban J connectivity index is 2.52. The highest BCUT2D eigenvalue weighted by Crippen LogP contribution is 2.15. The minimum Gasteiger partial charge on any atom is -0.481 e. The van der Waals surface area contributed by atoms with E-state index in [1.54, 1.807) is 0 Å². The first-order valence-corrected chi connectivity index (χ1v) is 6.44. The molecule has 0 saturated carbocycles. The summed E-state index contributed by atoms with van der Waals surface area (Å²) < 4.78 is 0.955. The fourth-order valence-corrected chi connectivity index (χ4v) is 1.87. The number of carboxylic acid groups (broad SMARTS) is 1. The van der Waals surface area contributed by atoms with Crippen LogP contribution in [0, 0.1) is 12.8 Å². The Hall–Kier alpha value is -1.36. The second kappa shape index (κ2) is 6.54. The molecule has 0 heterocycles. The van der Waals surface area contributed by atoms with Crippen LogP contribution in [0.4, 0.5) is 0 Å². The molecule has 98 valence electrons. The summed E-state index contributed by atoms with van der Waals surface area (Å²) in [6.45, 7) is 3.90. The largest absolute Gasteiger partial charge is 0.481 e. The van der Waals surface area contributed by atoms with Gasteiger partial charge in [-0.15, -0.1) is 0 Å². The van der Waals surface area contributed by atoms with Gasteiger partial charge in [-0.05, 0) is 30.2 Å². The molecule has 1 rings (SSSR count). The fourth-order valence-electron chi connectivity index (χ4n) is 1.46. The van der Waals surface area contributed by atoms with Crippen LogP contribution in [0.2, 0.25) is 0 Å². The van der Waals surface area contributed by atoms with E-state index in [0.29, 0.717) is 6.54 Å². The molecule has 1 aromatic carbocycles. The zero-order valence-electron chi connectivity index (χ0n) is 10.4. The van der Waals surface area contributed by atoms with Crippen molar-refractivity contribution >= 4 is 27.8 Å². The van der Waals surface area contributed by atoms with Crippen LogP contribution in [0.1, 0.15) is 24.5 Å². The number of carboxylic acids is 1. The normalized spacial score (nSPS) is 11.9. The Bertz CT molecular complexity index is 460. The van der Waals surface area contributed by atoms with Gasteiger partial charge in [0.25, 0.3) is 0 Å². The van der Waals surface area contributed by atoms with Crippen molar-refractivity contribution in [1.29, 1.82) is 0 Å². The van der Waals surface area contributed by atoms with E-state index >= 15 is 0 Å². The number of amides is 1. The third-order valence-electron chi connectivity index (χ3n) is 2.70. The SMILES string of the molecule is Cc1ccc(Br)cc1CNC(=O)CC(C)C(=O)O. The van der Waals surface area contributed by atoms with Gasteiger partial charge < -0.3 is 10.4 Å². The van der Waals surface area contributed by atoms with E-state index < -0.39 is 11.9 Å². The highest BCUT2D eigenvalue weighted by atomic mass is 79.9. The molecule has 0 aliphatic heterocycles. The van der Waals surface area contributed by atoms with E-state index in [0.717, 1.165) is 15.6 Å². The molecule has 0 bridgehead atoms. The van der Waals surface area contributed by atoms with Gasteiger partial charge in [0.2, 0.25) is 5.91 Å². The van der Waals surface area contributed by atoms with Gasteiger partial charge >= 0.3 is 5.97 Å². The number of halogens is 1. The van der Waals surface area contributed by atoms with Crippen molar-refractivity contribution in [3.63, 3.8) is 0 Å². The minimum absolute atomic E-state index is 0.00237. The van der Waals surface area contributed by atoms with Gasteiger partial charge in [0.1, 0.15) is 0 Å². The van der Waals surface area contributed by atoms with Crippen LogP contribution >= 0.6 is 15.9 Å². The van der Waals surface area contributed by atoms with Crippen LogP contribution in [-0.4, -0.2) is 17.0 Å². The summed E-state index contributed by atoms with van der Waals surface area (Å²) in [6, 6.07) is 5.84. The van der Waals surface area contributed by atoms with E-state index in [9.17, 15) is 9.59 Å². The molecular weight excluding hydrogens is 298 g/mol. The average Bonchev–Trinajstić information content (AvgIpc) is 2.30. The minimum atomic E-state index is -0.955. The van der Waals surface area contributed by atoms with Crippen molar-refractivity contribution in [3.8, 4) is 0 Å². The summed E-state index contributed by atoms with van der Waals surface area (Å²) in [6.07, 6.45) is 0.00237. The number of benzene rings is 1. The maximum absolute atomic E-state index is 11.5. The summed E-state index contributed by atoms with van der Waals surface area (Å²) in [5.74, 6) is -1.86. The van der Waals surface area contributed by atoms with Crippen molar-refractivity contribution in [1.82, 2.24) is 5.32 Å². The molecular formula is C13H16BrNO3. The average molecular weight is 314 g/mol. The molecule has 0 aliphatic carbocycles. The van der Waals surface area contributed by atoms with Gasteiger partial charge in [0.15, 0.2) is 0 Å². The van der Waals surface area contributed by atoms with Gasteiger partial charge in [0.05, 0.1) is 5.92 Å². The molecule has 1 aromatic rings. The van der Waals surface area contributed by atoms with Gasteiger partial charge in [0, 0.05) is 17.4 Å². The van der Waals surface area contributed by atoms with E-state index in [-0.39, 0.29) is 12.3 Å². The highest BCUT2D eigenvalue weighted by molar-refractivity contribution is 9.10. The molecule has 5 heteroatoms. The van der Waals surface area contributed by atoms with E-state index in [1.165, 1.54) is 6.92 Å². The van der Waals surface area contributed by atoms with Gasteiger partial charge in [-0.25, -0.2) is 0 Å². The molecule has 1 amide bonds. The lowest BCUT2D eigenvalue weighted by Crippen LogP contribution is -2.27. The molecule has 4 nitrogen and oxygen atoms in total. The van der Waals surface area contributed by atoms with E-state index in [1.807, 2.05) is 25.1 Å². The topological polar surface area (TPSA) is 66.4 Å². The lowest BCUT2D eigenvalue weighted by Gasteiger charge is -2.10. The lowest BCUT2D eigenvalue weighted by molar-refractivity contribution is -0.143. The Kier molecular flexibility index (Phi) is 5.34. The number of carbonyl (C=O) groups is 2. The highest BCUT2D eigenvalue weighted by Gasteiger charge is 2.15. The molecule has 0 fully saturated rings. The molecule has 0 aromatic heterocycles. The van der Waals surface area contributed by atoms with Crippen LogP contribution < -0.4 is 5.32 Å². The Morgan fingerprint density at radius 2 is 2.11 bits per heavy atom. The van der Waals surface area contributed by atoms with Crippen LogP contribution in [0.5, 0.6) is 0 Å². The zero-order valence-corrected chi connectivity index (χ0v) is 12.0. The summed E-state index contributed by atoms with van der Waals surface area (Å²) in [7, 11) is 0. The Morgan fingerprint density at radius 1 is 1.44 bits per heavy atom.